The van der Waals surface area contributed by atoms with Crippen molar-refractivity contribution in [3.8, 4) is 0 Å². The number of hydrogen-bond donors (Lipinski definition) is 0. The van der Waals surface area contributed by atoms with E-state index in [0.29, 0.717) is 16.4 Å². The maximum absolute atomic E-state index is 12.4. The molecule has 16 heavy (non-hydrogen) atoms. The second kappa shape index (κ2) is 4.49. The van der Waals surface area contributed by atoms with Gasteiger partial charge < -0.3 is 0 Å². The maximum atomic E-state index is 12.4. The molecule has 0 bridgehead atoms. The Morgan fingerprint density at radius 1 is 1.38 bits per heavy atom. The van der Waals surface area contributed by atoms with Crippen molar-refractivity contribution in [2.24, 2.45) is 0 Å². The van der Waals surface area contributed by atoms with Gasteiger partial charge in [0.15, 0.2) is 0 Å². The van der Waals surface area contributed by atoms with Crippen molar-refractivity contribution in [3.05, 3.63) is 18.0 Å². The number of halogens is 2. The predicted octanol–water partition coefficient (Wildman–Crippen LogP) is 2.85. The van der Waals surface area contributed by atoms with Crippen LogP contribution in [-0.4, -0.2) is 27.8 Å². The molecule has 0 amide bonds. The Morgan fingerprint density at radius 3 is 2.31 bits per heavy atom. The fourth-order valence-electron chi connectivity index (χ4n) is 1.60. The third-order valence-corrected chi connectivity index (χ3v) is 3.09. The van der Waals surface area contributed by atoms with Crippen molar-refractivity contribution >= 4 is 0 Å². The van der Waals surface area contributed by atoms with Gasteiger partial charge in [0.25, 0.3) is 0 Å². The molecule has 0 aliphatic carbocycles. The van der Waals surface area contributed by atoms with Gasteiger partial charge in [-0.25, -0.2) is 4.68 Å². The molecule has 1 aromatic heterocycles. The minimum atomic E-state index is -2.58. The first-order valence-corrected chi connectivity index (χ1v) is 5.33. The zero-order chi connectivity index (χ0) is 12.5. The van der Waals surface area contributed by atoms with E-state index in [1.165, 1.54) is 6.20 Å². The second-order valence-electron chi connectivity index (χ2n) is 4.72. The molecular weight excluding hydrogens is 212 g/mol. The van der Waals surface area contributed by atoms with Crippen LogP contribution >= 0.6 is 0 Å². The van der Waals surface area contributed by atoms with Gasteiger partial charge in [0, 0.05) is 12.2 Å². The number of aromatic nitrogens is 2. The van der Waals surface area contributed by atoms with Crippen molar-refractivity contribution in [3.63, 3.8) is 0 Å². The van der Waals surface area contributed by atoms with E-state index in [0.717, 1.165) is 0 Å². The fraction of sp³-hybridized carbons (Fsp3) is 0.727. The lowest BCUT2D eigenvalue weighted by Gasteiger charge is -2.37. The molecule has 0 N–H and O–H groups in total. The molecule has 3 nitrogen and oxygen atoms in total. The van der Waals surface area contributed by atoms with Gasteiger partial charge in [-0.3, -0.25) is 4.90 Å². The van der Waals surface area contributed by atoms with Crippen molar-refractivity contribution in [2.45, 2.75) is 45.8 Å². The summed E-state index contributed by atoms with van der Waals surface area (Å²) in [5.74, 6) is 0. The Labute approximate surface area is 95.0 Å². The molecule has 0 fully saturated rings. The van der Waals surface area contributed by atoms with Crippen molar-refractivity contribution < 1.29 is 8.78 Å². The van der Waals surface area contributed by atoms with E-state index in [4.69, 9.17) is 0 Å². The molecule has 0 unspecified atom stereocenters. The number of alkyl halides is 2. The molecule has 5 heteroatoms. The molecule has 0 radical (unpaired) electrons. The zero-order valence-electron chi connectivity index (χ0n) is 10.4. The lowest BCUT2D eigenvalue weighted by molar-refractivity contribution is 0.0529. The Balaban J connectivity index is 2.97. The van der Waals surface area contributed by atoms with E-state index in [2.05, 4.69) is 23.8 Å². The first kappa shape index (κ1) is 13.1. The second-order valence-corrected chi connectivity index (χ2v) is 4.72. The smallest absolute Gasteiger partial charge is 0.293 e. The Bertz CT molecular complexity index is 345. The molecule has 0 aromatic carbocycles. The molecule has 1 aromatic rings. The standard InChI is InChI=1S/C11H19F2N3/c1-8(2)15(5)11(3,4)9-6-7-16(14-9)10(12)13/h6-8,10H,1-5H3. The first-order valence-electron chi connectivity index (χ1n) is 5.33. The zero-order valence-corrected chi connectivity index (χ0v) is 10.4. The topological polar surface area (TPSA) is 21.1 Å². The lowest BCUT2D eigenvalue weighted by Crippen LogP contribution is -2.43. The summed E-state index contributed by atoms with van der Waals surface area (Å²) in [6.07, 6.45) is 1.32. The molecule has 0 aliphatic heterocycles. The summed E-state index contributed by atoms with van der Waals surface area (Å²) in [4.78, 5) is 2.10. The largest absolute Gasteiger partial charge is 0.333 e. The van der Waals surface area contributed by atoms with Gasteiger partial charge in [0.2, 0.25) is 0 Å². The highest BCUT2D eigenvalue weighted by atomic mass is 19.3. The normalized spacial score (nSPS) is 13.1. The monoisotopic (exact) mass is 231 g/mol. The van der Waals surface area contributed by atoms with Crippen molar-refractivity contribution in [2.75, 3.05) is 7.05 Å². The van der Waals surface area contributed by atoms with Gasteiger partial charge in [-0.05, 0) is 40.8 Å². The highest BCUT2D eigenvalue weighted by Crippen LogP contribution is 2.27. The molecular formula is C11H19F2N3. The van der Waals surface area contributed by atoms with Gasteiger partial charge in [0.1, 0.15) is 0 Å². The van der Waals surface area contributed by atoms with Crippen LogP contribution in [0, 0.1) is 0 Å². The van der Waals surface area contributed by atoms with E-state index in [1.807, 2.05) is 20.9 Å². The van der Waals surface area contributed by atoms with E-state index >= 15 is 0 Å². The van der Waals surface area contributed by atoms with Crippen LogP contribution in [0.3, 0.4) is 0 Å². The number of nitrogens with zero attached hydrogens (tertiary/aromatic N) is 3. The lowest BCUT2D eigenvalue weighted by atomic mass is 9.97. The minimum absolute atomic E-state index is 0.326. The van der Waals surface area contributed by atoms with Gasteiger partial charge in [-0.15, -0.1) is 0 Å². The summed E-state index contributed by atoms with van der Waals surface area (Å²) in [5, 5.41) is 3.91. The van der Waals surface area contributed by atoms with Crippen LogP contribution in [-0.2, 0) is 5.54 Å². The SMILES string of the molecule is CC(C)N(C)C(C)(C)c1ccn(C(F)F)n1. The maximum Gasteiger partial charge on any atom is 0.333 e. The van der Waals surface area contributed by atoms with Crippen LogP contribution in [0.2, 0.25) is 0 Å². The van der Waals surface area contributed by atoms with Crippen LogP contribution in [0.25, 0.3) is 0 Å². The van der Waals surface area contributed by atoms with Gasteiger partial charge in [0.05, 0.1) is 11.2 Å². The molecule has 0 aliphatic rings. The van der Waals surface area contributed by atoms with Crippen molar-refractivity contribution in [1.82, 2.24) is 14.7 Å². The van der Waals surface area contributed by atoms with Crippen LogP contribution in [0.4, 0.5) is 8.78 Å². The van der Waals surface area contributed by atoms with E-state index in [1.54, 1.807) is 6.07 Å². The van der Waals surface area contributed by atoms with Gasteiger partial charge in [-0.1, -0.05) is 0 Å². The average Bonchev–Trinajstić information content (AvgIpc) is 2.65. The molecule has 0 saturated heterocycles. The summed E-state index contributed by atoms with van der Waals surface area (Å²) in [5.41, 5.74) is 0.304. The van der Waals surface area contributed by atoms with E-state index in [-0.39, 0.29) is 5.54 Å². The van der Waals surface area contributed by atoms with Crippen LogP contribution in [0.15, 0.2) is 12.3 Å². The third kappa shape index (κ3) is 2.40. The van der Waals surface area contributed by atoms with E-state index < -0.39 is 6.55 Å². The summed E-state index contributed by atoms with van der Waals surface area (Å²) >= 11 is 0. The highest BCUT2D eigenvalue weighted by molar-refractivity contribution is 5.11. The molecule has 92 valence electrons. The Hall–Kier alpha value is -0.970. The number of hydrogen-bond acceptors (Lipinski definition) is 2. The summed E-state index contributed by atoms with van der Waals surface area (Å²) in [7, 11) is 1.96. The molecule has 1 heterocycles. The van der Waals surface area contributed by atoms with Crippen molar-refractivity contribution in [1.29, 1.82) is 0 Å². The molecule has 0 spiro atoms. The first-order chi connectivity index (χ1) is 7.26. The quantitative estimate of drug-likeness (QED) is 0.794. The summed E-state index contributed by atoms with van der Waals surface area (Å²) in [6, 6.07) is 1.97. The van der Waals surface area contributed by atoms with Crippen LogP contribution in [0.1, 0.15) is 39.9 Å². The molecule has 1 rings (SSSR count). The summed E-state index contributed by atoms with van der Waals surface area (Å²) < 4.78 is 25.5. The minimum Gasteiger partial charge on any atom is -0.293 e. The van der Waals surface area contributed by atoms with Crippen LogP contribution in [0.5, 0.6) is 0 Å². The average molecular weight is 231 g/mol. The molecule has 0 saturated carbocycles. The Morgan fingerprint density at radius 2 is 1.94 bits per heavy atom. The third-order valence-electron chi connectivity index (χ3n) is 3.09. The van der Waals surface area contributed by atoms with Crippen LogP contribution < -0.4 is 0 Å². The highest BCUT2D eigenvalue weighted by Gasteiger charge is 2.30. The Kier molecular flexibility index (Phi) is 3.68. The molecule has 0 atom stereocenters. The van der Waals surface area contributed by atoms with E-state index in [9.17, 15) is 8.78 Å². The number of rotatable bonds is 4. The summed E-state index contributed by atoms with van der Waals surface area (Å²) in [6.45, 7) is 5.50. The predicted molar refractivity (Wildman–Crippen MR) is 59.4 cm³/mol. The van der Waals surface area contributed by atoms with Gasteiger partial charge in [-0.2, -0.15) is 13.9 Å². The fourth-order valence-corrected chi connectivity index (χ4v) is 1.60. The van der Waals surface area contributed by atoms with Gasteiger partial charge >= 0.3 is 6.55 Å².